The van der Waals surface area contributed by atoms with Gasteiger partial charge in [0.25, 0.3) is 21.3 Å². The normalized spacial score (nSPS) is 15.0. The lowest BCUT2D eigenvalue weighted by Crippen LogP contribution is -2.39. The molecule has 0 fully saturated rings. The number of hydrogen-bond acceptors (Lipinski definition) is 10. The summed E-state index contributed by atoms with van der Waals surface area (Å²) in [5.41, 5.74) is 1.25. The first kappa shape index (κ1) is 32.6. The number of fused-ring (bicyclic) bond motifs is 2. The Balaban J connectivity index is 1.52. The molecule has 5 aromatic rings. The van der Waals surface area contributed by atoms with E-state index < -0.39 is 32.5 Å². The zero-order chi connectivity index (χ0) is 34.3. The van der Waals surface area contributed by atoms with Crippen molar-refractivity contribution in [1.82, 2.24) is 8.54 Å². The third-order valence-corrected chi connectivity index (χ3v) is 10.3. The Morgan fingerprint density at radius 3 is 2.52 bits per heavy atom. The molecule has 12 nitrogen and oxygen atoms in total. The Morgan fingerprint density at radius 1 is 1.10 bits per heavy atom. The molecule has 0 saturated heterocycles. The molecule has 1 aliphatic heterocycles. The molecular weight excluding hydrogens is 657 g/mol. The number of aromatic nitrogens is 2. The molecule has 0 unspecified atom stereocenters. The second kappa shape index (κ2) is 12.7. The average Bonchev–Trinajstić information content (AvgIpc) is 3.58. The second-order valence-corrected chi connectivity index (χ2v) is 14.0. The van der Waals surface area contributed by atoms with Crippen molar-refractivity contribution >= 4 is 50.0 Å². The number of nitro benzene ring substituents is 1. The highest BCUT2D eigenvalue weighted by Gasteiger charge is 2.33. The van der Waals surface area contributed by atoms with Crippen LogP contribution in [0.2, 0.25) is 0 Å². The SMILES string of the molecule is CCOC(=O)C1=C(C)N=c2s/c(=C\c3cn(S(=O)(=O)c4cccc([N+](=O)[O-])c4)c4ccccc34)c(=O)n2[C@H]1c1ccc(OC(C)C)cc1. The van der Waals surface area contributed by atoms with E-state index in [0.717, 1.165) is 21.4 Å². The summed E-state index contributed by atoms with van der Waals surface area (Å²) < 4.78 is 41.5. The lowest BCUT2D eigenvalue weighted by molar-refractivity contribution is -0.385. The van der Waals surface area contributed by atoms with E-state index in [9.17, 15) is 28.1 Å². The largest absolute Gasteiger partial charge is 0.491 e. The molecule has 6 rings (SSSR count). The van der Waals surface area contributed by atoms with Crippen LogP contribution in [0, 0.1) is 10.1 Å². The van der Waals surface area contributed by atoms with E-state index in [1.165, 1.54) is 29.0 Å². The third-order valence-electron chi connectivity index (χ3n) is 7.67. The molecule has 2 aromatic heterocycles. The summed E-state index contributed by atoms with van der Waals surface area (Å²) in [6, 6.07) is 17.9. The lowest BCUT2D eigenvalue weighted by Gasteiger charge is -2.25. The number of rotatable bonds is 9. The molecule has 0 bridgehead atoms. The van der Waals surface area contributed by atoms with Crippen LogP contribution in [0.1, 0.15) is 44.9 Å². The summed E-state index contributed by atoms with van der Waals surface area (Å²) >= 11 is 1.11. The van der Waals surface area contributed by atoms with Crippen molar-refractivity contribution < 1.29 is 27.6 Å². The summed E-state index contributed by atoms with van der Waals surface area (Å²) in [6.45, 7) is 7.36. The van der Waals surface area contributed by atoms with Gasteiger partial charge in [-0.05, 0) is 63.6 Å². The van der Waals surface area contributed by atoms with Crippen LogP contribution in [-0.2, 0) is 19.6 Å². The first-order valence-corrected chi connectivity index (χ1v) is 17.2. The molecule has 48 heavy (non-hydrogen) atoms. The first-order valence-electron chi connectivity index (χ1n) is 15.0. The molecule has 14 heteroatoms. The van der Waals surface area contributed by atoms with E-state index in [1.54, 1.807) is 68.5 Å². The molecule has 0 N–H and O–H groups in total. The average molecular weight is 687 g/mol. The van der Waals surface area contributed by atoms with E-state index in [2.05, 4.69) is 4.99 Å². The lowest BCUT2D eigenvalue weighted by atomic mass is 9.96. The predicted octanol–water partition coefficient (Wildman–Crippen LogP) is 4.69. The van der Waals surface area contributed by atoms with Gasteiger partial charge in [0.1, 0.15) is 5.75 Å². The van der Waals surface area contributed by atoms with Gasteiger partial charge in [-0.3, -0.25) is 19.5 Å². The molecule has 3 heterocycles. The maximum Gasteiger partial charge on any atom is 0.338 e. The van der Waals surface area contributed by atoms with Gasteiger partial charge in [0.2, 0.25) is 0 Å². The smallest absolute Gasteiger partial charge is 0.338 e. The van der Waals surface area contributed by atoms with Crippen LogP contribution >= 0.6 is 11.3 Å². The molecule has 0 spiro atoms. The molecule has 0 aliphatic carbocycles. The van der Waals surface area contributed by atoms with Crippen molar-refractivity contribution in [1.29, 1.82) is 0 Å². The van der Waals surface area contributed by atoms with Crippen molar-refractivity contribution in [3.05, 3.63) is 131 Å². The van der Waals surface area contributed by atoms with Crippen molar-refractivity contribution in [3.63, 3.8) is 0 Å². The van der Waals surface area contributed by atoms with Gasteiger partial charge < -0.3 is 9.47 Å². The Bertz CT molecular complexity index is 2420. The van der Waals surface area contributed by atoms with Gasteiger partial charge >= 0.3 is 5.97 Å². The maximum atomic E-state index is 14.2. The van der Waals surface area contributed by atoms with Gasteiger partial charge in [-0.2, -0.15) is 0 Å². The number of thiazole rings is 1. The highest BCUT2D eigenvalue weighted by Crippen LogP contribution is 2.32. The number of benzene rings is 3. The number of hydrogen-bond donors (Lipinski definition) is 0. The van der Waals surface area contributed by atoms with Crippen LogP contribution in [0.5, 0.6) is 5.75 Å². The van der Waals surface area contributed by atoms with E-state index in [1.807, 2.05) is 13.8 Å². The van der Waals surface area contributed by atoms with E-state index in [-0.39, 0.29) is 33.4 Å². The molecule has 1 atom stereocenters. The maximum absolute atomic E-state index is 14.2. The van der Waals surface area contributed by atoms with Crippen molar-refractivity contribution in [2.75, 3.05) is 6.61 Å². The molecule has 0 saturated carbocycles. The van der Waals surface area contributed by atoms with Crippen molar-refractivity contribution in [3.8, 4) is 5.75 Å². The van der Waals surface area contributed by atoms with Crippen LogP contribution in [0.4, 0.5) is 5.69 Å². The predicted molar refractivity (Wildman–Crippen MR) is 180 cm³/mol. The number of carbonyl (C=O) groups excluding carboxylic acids is 1. The zero-order valence-electron chi connectivity index (χ0n) is 26.3. The number of para-hydroxylation sites is 1. The number of nitro groups is 1. The van der Waals surface area contributed by atoms with E-state index >= 15 is 0 Å². The fourth-order valence-corrected chi connectivity index (χ4v) is 8.06. The summed E-state index contributed by atoms with van der Waals surface area (Å²) in [6.07, 6.45) is 2.93. The topological polar surface area (TPSA) is 152 Å². The van der Waals surface area contributed by atoms with Gasteiger partial charge in [0.05, 0.1) is 49.9 Å². The highest BCUT2D eigenvalue weighted by atomic mass is 32.2. The van der Waals surface area contributed by atoms with Crippen molar-refractivity contribution in [2.24, 2.45) is 4.99 Å². The van der Waals surface area contributed by atoms with Gasteiger partial charge in [0, 0.05) is 29.3 Å². The second-order valence-electron chi connectivity index (χ2n) is 11.2. The molecular formula is C34H30N4O8S2. The third kappa shape index (κ3) is 5.84. The molecule has 0 amide bonds. The summed E-state index contributed by atoms with van der Waals surface area (Å²) in [7, 11) is -4.27. The number of carbonyl (C=O) groups is 1. The van der Waals surface area contributed by atoms with Crippen LogP contribution in [0.25, 0.3) is 17.0 Å². The molecule has 1 aliphatic rings. The van der Waals surface area contributed by atoms with Gasteiger partial charge in [-0.1, -0.05) is 47.7 Å². The summed E-state index contributed by atoms with van der Waals surface area (Å²) in [5, 5.41) is 11.9. The minimum absolute atomic E-state index is 0.0436. The Morgan fingerprint density at radius 2 is 1.83 bits per heavy atom. The number of non-ortho nitro benzene ring substituents is 1. The van der Waals surface area contributed by atoms with E-state index in [0.29, 0.717) is 38.3 Å². The minimum atomic E-state index is -4.27. The summed E-state index contributed by atoms with van der Waals surface area (Å²) in [5.74, 6) is 0.0472. The standard InChI is InChI=1S/C34H30N4O8S2/c1-5-45-33(40)30-21(4)35-34-37(31(30)22-13-15-25(16-14-22)46-20(2)3)32(39)29(47-34)17-23-19-36(28-12-7-6-11-27(23)28)48(43,44)26-10-8-9-24(18-26)38(41)42/h6-20,31H,5H2,1-4H3/b29-17-/t31-/m0/s1. The Labute approximate surface area is 278 Å². The monoisotopic (exact) mass is 686 g/mol. The fourth-order valence-electron chi connectivity index (χ4n) is 5.61. The fraction of sp³-hybridized carbons (Fsp3) is 0.206. The van der Waals surface area contributed by atoms with Crippen molar-refractivity contribution in [2.45, 2.75) is 44.7 Å². The number of esters is 1. The Hall–Kier alpha value is -5.34. The van der Waals surface area contributed by atoms with Crippen LogP contribution in [-0.4, -0.2) is 40.6 Å². The summed E-state index contributed by atoms with van der Waals surface area (Å²) in [4.78, 5) is 42.9. The van der Waals surface area contributed by atoms with Gasteiger partial charge in [-0.15, -0.1) is 0 Å². The Kier molecular flexibility index (Phi) is 8.62. The zero-order valence-corrected chi connectivity index (χ0v) is 27.9. The number of allylic oxidation sites excluding steroid dienone is 1. The van der Waals surface area contributed by atoms with Crippen LogP contribution < -0.4 is 19.6 Å². The molecule has 246 valence electrons. The first-order chi connectivity index (χ1) is 22.9. The van der Waals surface area contributed by atoms with Crippen LogP contribution in [0.15, 0.2) is 105 Å². The van der Waals surface area contributed by atoms with Gasteiger partial charge in [-0.25, -0.2) is 22.2 Å². The van der Waals surface area contributed by atoms with Crippen LogP contribution in [0.3, 0.4) is 0 Å². The quantitative estimate of drug-likeness (QED) is 0.123. The van der Waals surface area contributed by atoms with E-state index in [4.69, 9.17) is 9.47 Å². The minimum Gasteiger partial charge on any atom is -0.491 e. The number of nitrogens with zero attached hydrogens (tertiary/aromatic N) is 4. The molecule has 0 radical (unpaired) electrons. The number of ether oxygens (including phenoxy) is 2. The van der Waals surface area contributed by atoms with Gasteiger partial charge in [0.15, 0.2) is 4.80 Å². The molecule has 3 aromatic carbocycles. The highest BCUT2D eigenvalue weighted by molar-refractivity contribution is 7.90.